The molecule has 108 valence electrons. The minimum atomic E-state index is 0. The SMILES string of the molecule is C[C@@H]1CNCCN1C(=O)c1csc(C2CC2)n1.Cl.Cl. The summed E-state index contributed by atoms with van der Waals surface area (Å²) in [5, 5.41) is 6.36. The Hall–Kier alpha value is -0.360. The molecule has 1 aromatic heterocycles. The number of carbonyl (C=O) groups is 1. The lowest BCUT2D eigenvalue weighted by molar-refractivity contribution is 0.0650. The minimum absolute atomic E-state index is 0. The van der Waals surface area contributed by atoms with E-state index in [9.17, 15) is 4.79 Å². The molecule has 2 fully saturated rings. The van der Waals surface area contributed by atoms with Crippen LogP contribution in [0.25, 0.3) is 0 Å². The maximum atomic E-state index is 12.3. The van der Waals surface area contributed by atoms with Gasteiger partial charge in [0.1, 0.15) is 5.69 Å². The molecule has 2 aliphatic rings. The molecule has 1 atom stereocenters. The zero-order valence-electron chi connectivity index (χ0n) is 10.8. The molecule has 0 aromatic carbocycles. The highest BCUT2D eigenvalue weighted by molar-refractivity contribution is 7.10. The maximum Gasteiger partial charge on any atom is 0.273 e. The summed E-state index contributed by atoms with van der Waals surface area (Å²) in [6.45, 7) is 4.63. The predicted molar refractivity (Wildman–Crippen MR) is 82.0 cm³/mol. The second-order valence-corrected chi connectivity index (χ2v) is 5.79. The lowest BCUT2D eigenvalue weighted by Crippen LogP contribution is -2.52. The van der Waals surface area contributed by atoms with Crippen molar-refractivity contribution in [1.82, 2.24) is 15.2 Å². The van der Waals surface area contributed by atoms with E-state index in [1.54, 1.807) is 11.3 Å². The van der Waals surface area contributed by atoms with E-state index in [4.69, 9.17) is 0 Å². The first-order valence-electron chi connectivity index (χ1n) is 6.23. The van der Waals surface area contributed by atoms with Gasteiger partial charge in [0.15, 0.2) is 0 Å². The van der Waals surface area contributed by atoms with Gasteiger partial charge < -0.3 is 10.2 Å². The molecule has 1 saturated heterocycles. The van der Waals surface area contributed by atoms with E-state index in [2.05, 4.69) is 17.2 Å². The zero-order valence-corrected chi connectivity index (χ0v) is 13.2. The highest BCUT2D eigenvalue weighted by Gasteiger charge is 2.30. The molecule has 7 heteroatoms. The fourth-order valence-corrected chi connectivity index (χ4v) is 3.16. The number of rotatable bonds is 2. The Kier molecular flexibility index (Phi) is 6.05. The number of piperazine rings is 1. The topological polar surface area (TPSA) is 45.2 Å². The van der Waals surface area contributed by atoms with Gasteiger partial charge in [-0.15, -0.1) is 36.2 Å². The van der Waals surface area contributed by atoms with Crippen LogP contribution >= 0.6 is 36.2 Å². The first-order valence-corrected chi connectivity index (χ1v) is 7.11. The van der Waals surface area contributed by atoms with E-state index in [1.807, 2.05) is 10.3 Å². The molecule has 1 aliphatic carbocycles. The van der Waals surface area contributed by atoms with Crippen LogP contribution in [0.4, 0.5) is 0 Å². The summed E-state index contributed by atoms with van der Waals surface area (Å²) in [4.78, 5) is 18.7. The molecule has 4 nitrogen and oxygen atoms in total. The van der Waals surface area contributed by atoms with Crippen molar-refractivity contribution in [3.05, 3.63) is 16.1 Å². The molecular weight excluding hydrogens is 305 g/mol. The van der Waals surface area contributed by atoms with Gasteiger partial charge in [-0.05, 0) is 19.8 Å². The molecule has 3 rings (SSSR count). The quantitative estimate of drug-likeness (QED) is 0.908. The smallest absolute Gasteiger partial charge is 0.273 e. The van der Waals surface area contributed by atoms with Gasteiger partial charge in [0.2, 0.25) is 0 Å². The first-order chi connectivity index (χ1) is 8.25. The summed E-state index contributed by atoms with van der Waals surface area (Å²) in [5.74, 6) is 0.740. The van der Waals surface area contributed by atoms with Crippen molar-refractivity contribution in [2.75, 3.05) is 19.6 Å². The maximum absolute atomic E-state index is 12.3. The average Bonchev–Trinajstić information content (AvgIpc) is 3.07. The van der Waals surface area contributed by atoms with Crippen molar-refractivity contribution in [1.29, 1.82) is 0 Å². The molecule has 1 N–H and O–H groups in total. The van der Waals surface area contributed by atoms with Gasteiger partial charge in [0, 0.05) is 37.0 Å². The van der Waals surface area contributed by atoms with Gasteiger partial charge in [-0.2, -0.15) is 0 Å². The van der Waals surface area contributed by atoms with Crippen molar-refractivity contribution < 1.29 is 4.79 Å². The fraction of sp³-hybridized carbons (Fsp3) is 0.667. The van der Waals surface area contributed by atoms with Crippen LogP contribution < -0.4 is 5.32 Å². The van der Waals surface area contributed by atoms with E-state index in [-0.39, 0.29) is 36.8 Å². The van der Waals surface area contributed by atoms with E-state index < -0.39 is 0 Å². The third-order valence-electron chi connectivity index (χ3n) is 3.43. The number of nitrogens with zero attached hydrogens (tertiary/aromatic N) is 2. The number of carbonyl (C=O) groups excluding carboxylic acids is 1. The van der Waals surface area contributed by atoms with E-state index in [1.165, 1.54) is 12.8 Å². The van der Waals surface area contributed by atoms with Crippen LogP contribution in [-0.2, 0) is 0 Å². The van der Waals surface area contributed by atoms with Crippen LogP contribution in [-0.4, -0.2) is 41.5 Å². The largest absolute Gasteiger partial charge is 0.332 e. The fourth-order valence-electron chi connectivity index (χ4n) is 2.19. The normalized spacial score (nSPS) is 22.4. The Balaban J connectivity index is 0.000000902. The number of amides is 1. The number of aromatic nitrogens is 1. The van der Waals surface area contributed by atoms with E-state index >= 15 is 0 Å². The summed E-state index contributed by atoms with van der Waals surface area (Å²) in [6.07, 6.45) is 2.48. The summed E-state index contributed by atoms with van der Waals surface area (Å²) in [5.41, 5.74) is 0.644. The van der Waals surface area contributed by atoms with Crippen molar-refractivity contribution >= 4 is 42.1 Å². The third kappa shape index (κ3) is 3.60. The summed E-state index contributed by atoms with van der Waals surface area (Å²) in [6, 6.07) is 0.266. The lowest BCUT2D eigenvalue weighted by atomic mass is 10.2. The standard InChI is InChI=1S/C12H17N3OS.2ClH/c1-8-6-13-4-5-15(8)12(16)10-7-17-11(14-10)9-2-3-9;;/h7-9,13H,2-6H2,1H3;2*1H/t8-;;/m1../s1. The molecule has 0 radical (unpaired) electrons. The molecule has 0 bridgehead atoms. The molecule has 19 heavy (non-hydrogen) atoms. The van der Waals surface area contributed by atoms with Gasteiger partial charge >= 0.3 is 0 Å². The van der Waals surface area contributed by atoms with Crippen molar-refractivity contribution in [3.63, 3.8) is 0 Å². The molecule has 1 aromatic rings. The van der Waals surface area contributed by atoms with Crippen LogP contribution in [0.1, 0.15) is 41.2 Å². The van der Waals surface area contributed by atoms with Crippen molar-refractivity contribution in [3.8, 4) is 0 Å². The number of hydrogen-bond donors (Lipinski definition) is 1. The summed E-state index contributed by atoms with van der Waals surface area (Å²) < 4.78 is 0. The third-order valence-corrected chi connectivity index (χ3v) is 4.44. The van der Waals surface area contributed by atoms with Crippen molar-refractivity contribution in [2.45, 2.75) is 31.7 Å². The molecule has 1 aliphatic heterocycles. The Bertz CT molecular complexity index is 436. The predicted octanol–water partition coefficient (Wildman–Crippen LogP) is 2.30. The average molecular weight is 324 g/mol. The second-order valence-electron chi connectivity index (χ2n) is 4.90. The molecule has 0 unspecified atom stereocenters. The molecule has 1 amide bonds. The number of thiazole rings is 1. The Labute approximate surface area is 129 Å². The van der Waals surface area contributed by atoms with Gasteiger partial charge in [-0.1, -0.05) is 0 Å². The van der Waals surface area contributed by atoms with Gasteiger partial charge in [0.05, 0.1) is 5.01 Å². The Morgan fingerprint density at radius 1 is 1.47 bits per heavy atom. The summed E-state index contributed by atoms with van der Waals surface area (Å²) in [7, 11) is 0. The number of hydrogen-bond acceptors (Lipinski definition) is 4. The van der Waals surface area contributed by atoms with Gasteiger partial charge in [0.25, 0.3) is 5.91 Å². The van der Waals surface area contributed by atoms with Crippen LogP contribution in [0.3, 0.4) is 0 Å². The van der Waals surface area contributed by atoms with E-state index in [0.29, 0.717) is 11.6 Å². The van der Waals surface area contributed by atoms with Crippen molar-refractivity contribution in [2.24, 2.45) is 0 Å². The molecule has 0 spiro atoms. The monoisotopic (exact) mass is 323 g/mol. The highest BCUT2D eigenvalue weighted by Crippen LogP contribution is 2.41. The first kappa shape index (κ1) is 16.7. The Morgan fingerprint density at radius 3 is 2.84 bits per heavy atom. The number of halogens is 2. The van der Waals surface area contributed by atoms with Gasteiger partial charge in [-0.25, -0.2) is 4.98 Å². The van der Waals surface area contributed by atoms with Crippen LogP contribution in [0, 0.1) is 0 Å². The minimum Gasteiger partial charge on any atom is -0.332 e. The van der Waals surface area contributed by atoms with Crippen LogP contribution in [0.5, 0.6) is 0 Å². The van der Waals surface area contributed by atoms with Crippen LogP contribution in [0.15, 0.2) is 5.38 Å². The van der Waals surface area contributed by atoms with E-state index in [0.717, 1.165) is 24.6 Å². The molecule has 2 heterocycles. The lowest BCUT2D eigenvalue weighted by Gasteiger charge is -2.33. The van der Waals surface area contributed by atoms with Gasteiger partial charge in [-0.3, -0.25) is 4.79 Å². The molecule has 1 saturated carbocycles. The summed E-state index contributed by atoms with van der Waals surface area (Å²) >= 11 is 1.64. The second kappa shape index (κ2) is 6.88. The van der Waals surface area contributed by atoms with Crippen LogP contribution in [0.2, 0.25) is 0 Å². The zero-order chi connectivity index (χ0) is 11.8. The highest BCUT2D eigenvalue weighted by atomic mass is 35.5. The Morgan fingerprint density at radius 2 is 2.21 bits per heavy atom. The molecular formula is C12H19Cl2N3OS. The number of nitrogens with one attached hydrogen (secondary N) is 1.